The lowest BCUT2D eigenvalue weighted by Gasteiger charge is -1.96. The number of nitrogens with zero attached hydrogens (tertiary/aromatic N) is 3. The second kappa shape index (κ2) is 5.00. The average Bonchev–Trinajstić information content (AvgIpc) is 2.39. The van der Waals surface area contributed by atoms with E-state index in [1.165, 1.54) is 31.4 Å². The number of hydrogen-bond acceptors (Lipinski definition) is 2. The molecule has 74 valence electrons. The highest BCUT2D eigenvalue weighted by Crippen LogP contribution is 2.07. The average molecular weight is 181 g/mol. The van der Waals surface area contributed by atoms with Crippen molar-refractivity contribution in [3.05, 3.63) is 11.4 Å². The number of aryl methyl sites for hydroxylation is 3. The Morgan fingerprint density at radius 1 is 1.15 bits per heavy atom. The van der Waals surface area contributed by atoms with Crippen molar-refractivity contribution >= 4 is 0 Å². The van der Waals surface area contributed by atoms with Gasteiger partial charge in [0.2, 0.25) is 0 Å². The second-order valence-corrected chi connectivity index (χ2v) is 3.53. The number of hydrogen-bond donors (Lipinski definition) is 0. The van der Waals surface area contributed by atoms with E-state index in [1.54, 1.807) is 4.80 Å². The van der Waals surface area contributed by atoms with Crippen molar-refractivity contribution in [2.75, 3.05) is 0 Å². The Morgan fingerprint density at radius 2 is 1.92 bits per heavy atom. The van der Waals surface area contributed by atoms with Crippen LogP contribution in [0.25, 0.3) is 0 Å². The van der Waals surface area contributed by atoms with Gasteiger partial charge in [-0.2, -0.15) is 15.0 Å². The van der Waals surface area contributed by atoms with Gasteiger partial charge in [-0.3, -0.25) is 0 Å². The normalized spacial score (nSPS) is 10.7. The van der Waals surface area contributed by atoms with Crippen molar-refractivity contribution in [3.63, 3.8) is 0 Å². The molecule has 0 aliphatic heterocycles. The van der Waals surface area contributed by atoms with E-state index in [0.717, 1.165) is 12.1 Å². The Kier molecular flexibility index (Phi) is 3.93. The van der Waals surface area contributed by atoms with E-state index in [0.29, 0.717) is 0 Å². The molecule has 0 spiro atoms. The summed E-state index contributed by atoms with van der Waals surface area (Å²) in [6.07, 6.45) is 6.26. The summed E-state index contributed by atoms with van der Waals surface area (Å²) in [7, 11) is 1.88. The first-order chi connectivity index (χ1) is 6.24. The summed E-state index contributed by atoms with van der Waals surface area (Å²) in [6, 6.07) is 0. The zero-order chi connectivity index (χ0) is 9.68. The van der Waals surface area contributed by atoms with Crippen molar-refractivity contribution < 1.29 is 0 Å². The third-order valence-electron chi connectivity index (χ3n) is 2.24. The predicted molar refractivity (Wildman–Crippen MR) is 53.6 cm³/mol. The topological polar surface area (TPSA) is 30.7 Å². The van der Waals surface area contributed by atoms with Crippen LogP contribution < -0.4 is 0 Å². The SMILES string of the molecule is CCCCCCc1nn(C)nc1C. The van der Waals surface area contributed by atoms with E-state index in [9.17, 15) is 0 Å². The molecule has 1 rings (SSSR count). The Bertz CT molecular complexity index is 253. The van der Waals surface area contributed by atoms with Gasteiger partial charge < -0.3 is 0 Å². The van der Waals surface area contributed by atoms with E-state index in [1.807, 2.05) is 14.0 Å². The fraction of sp³-hybridized carbons (Fsp3) is 0.800. The Labute approximate surface area is 80.1 Å². The Balaban J connectivity index is 2.32. The summed E-state index contributed by atoms with van der Waals surface area (Å²) in [6.45, 7) is 4.26. The molecule has 13 heavy (non-hydrogen) atoms. The van der Waals surface area contributed by atoms with E-state index >= 15 is 0 Å². The van der Waals surface area contributed by atoms with Gasteiger partial charge in [-0.05, 0) is 19.8 Å². The summed E-state index contributed by atoms with van der Waals surface area (Å²) in [5.74, 6) is 0. The third-order valence-corrected chi connectivity index (χ3v) is 2.24. The van der Waals surface area contributed by atoms with Crippen molar-refractivity contribution in [2.45, 2.75) is 46.0 Å². The minimum absolute atomic E-state index is 1.08. The quantitative estimate of drug-likeness (QED) is 0.652. The highest BCUT2D eigenvalue weighted by atomic mass is 15.5. The molecule has 0 N–H and O–H groups in total. The molecule has 0 aliphatic rings. The summed E-state index contributed by atoms with van der Waals surface area (Å²) < 4.78 is 0. The standard InChI is InChI=1S/C10H19N3/c1-4-5-6-7-8-10-9(2)11-13(3)12-10/h4-8H2,1-3H3. The zero-order valence-electron chi connectivity index (χ0n) is 8.88. The van der Waals surface area contributed by atoms with E-state index in [2.05, 4.69) is 17.1 Å². The van der Waals surface area contributed by atoms with Crippen LogP contribution >= 0.6 is 0 Å². The molecule has 0 radical (unpaired) electrons. The van der Waals surface area contributed by atoms with Crippen LogP contribution in [0.3, 0.4) is 0 Å². The predicted octanol–water partition coefficient (Wildman–Crippen LogP) is 2.25. The third kappa shape index (κ3) is 3.17. The fourth-order valence-corrected chi connectivity index (χ4v) is 1.49. The molecule has 3 nitrogen and oxygen atoms in total. The van der Waals surface area contributed by atoms with Crippen LogP contribution in [0.1, 0.15) is 44.0 Å². The van der Waals surface area contributed by atoms with Crippen molar-refractivity contribution in [3.8, 4) is 0 Å². The van der Waals surface area contributed by atoms with Crippen LogP contribution in [0.4, 0.5) is 0 Å². The van der Waals surface area contributed by atoms with Crippen LogP contribution in [-0.4, -0.2) is 15.0 Å². The van der Waals surface area contributed by atoms with Crippen LogP contribution in [0.2, 0.25) is 0 Å². The van der Waals surface area contributed by atoms with Gasteiger partial charge >= 0.3 is 0 Å². The van der Waals surface area contributed by atoms with Gasteiger partial charge in [0.15, 0.2) is 0 Å². The molecule has 1 aromatic heterocycles. The maximum absolute atomic E-state index is 4.31. The molecule has 0 atom stereocenters. The molecule has 0 bridgehead atoms. The monoisotopic (exact) mass is 181 g/mol. The molecule has 0 saturated heterocycles. The van der Waals surface area contributed by atoms with E-state index in [-0.39, 0.29) is 0 Å². The summed E-state index contributed by atoms with van der Waals surface area (Å²) in [5.41, 5.74) is 2.25. The minimum atomic E-state index is 1.08. The van der Waals surface area contributed by atoms with Crippen molar-refractivity contribution in [1.29, 1.82) is 0 Å². The van der Waals surface area contributed by atoms with Crippen molar-refractivity contribution in [2.24, 2.45) is 7.05 Å². The molecule has 0 aromatic carbocycles. The minimum Gasteiger partial charge on any atom is -0.188 e. The van der Waals surface area contributed by atoms with Gasteiger partial charge in [-0.15, -0.1) is 0 Å². The maximum Gasteiger partial charge on any atom is 0.0856 e. The summed E-state index contributed by atoms with van der Waals surface area (Å²) in [4.78, 5) is 1.66. The Morgan fingerprint density at radius 3 is 2.46 bits per heavy atom. The molecule has 1 aromatic rings. The van der Waals surface area contributed by atoms with Gasteiger partial charge in [0, 0.05) is 7.05 Å². The first-order valence-electron chi connectivity index (χ1n) is 5.11. The van der Waals surface area contributed by atoms with Crippen LogP contribution in [0, 0.1) is 6.92 Å². The second-order valence-electron chi connectivity index (χ2n) is 3.53. The summed E-state index contributed by atoms with van der Waals surface area (Å²) >= 11 is 0. The molecule has 0 saturated carbocycles. The largest absolute Gasteiger partial charge is 0.188 e. The zero-order valence-corrected chi connectivity index (χ0v) is 8.88. The van der Waals surface area contributed by atoms with E-state index < -0.39 is 0 Å². The van der Waals surface area contributed by atoms with Gasteiger partial charge in [-0.1, -0.05) is 26.2 Å². The fourth-order valence-electron chi connectivity index (χ4n) is 1.49. The van der Waals surface area contributed by atoms with Crippen LogP contribution in [0.15, 0.2) is 0 Å². The highest BCUT2D eigenvalue weighted by molar-refractivity contribution is 5.05. The van der Waals surface area contributed by atoms with Crippen LogP contribution in [0.5, 0.6) is 0 Å². The molecule has 0 amide bonds. The first kappa shape index (κ1) is 10.2. The number of aromatic nitrogens is 3. The van der Waals surface area contributed by atoms with Gasteiger partial charge in [0.05, 0.1) is 11.4 Å². The van der Waals surface area contributed by atoms with E-state index in [4.69, 9.17) is 0 Å². The van der Waals surface area contributed by atoms with Gasteiger partial charge in [0.25, 0.3) is 0 Å². The number of unbranched alkanes of at least 4 members (excludes halogenated alkanes) is 3. The molecule has 0 aliphatic carbocycles. The smallest absolute Gasteiger partial charge is 0.0856 e. The molecular formula is C10H19N3. The van der Waals surface area contributed by atoms with Crippen molar-refractivity contribution in [1.82, 2.24) is 15.0 Å². The molecular weight excluding hydrogens is 162 g/mol. The lowest BCUT2D eigenvalue weighted by Crippen LogP contribution is -1.93. The van der Waals surface area contributed by atoms with Gasteiger partial charge in [0.1, 0.15) is 0 Å². The Hall–Kier alpha value is -0.860. The molecule has 1 heterocycles. The molecule has 3 heteroatoms. The molecule has 0 fully saturated rings. The lowest BCUT2D eigenvalue weighted by molar-refractivity contribution is 0.625. The lowest BCUT2D eigenvalue weighted by atomic mass is 10.1. The summed E-state index contributed by atoms with van der Waals surface area (Å²) in [5, 5.41) is 8.53. The van der Waals surface area contributed by atoms with Crippen LogP contribution in [-0.2, 0) is 13.5 Å². The van der Waals surface area contributed by atoms with Gasteiger partial charge in [-0.25, -0.2) is 0 Å². The number of rotatable bonds is 5. The highest BCUT2D eigenvalue weighted by Gasteiger charge is 2.03. The first-order valence-corrected chi connectivity index (χ1v) is 5.11. The molecule has 0 unspecified atom stereocenters. The maximum atomic E-state index is 4.31.